The maximum atomic E-state index is 4.72. The smallest absolute Gasteiger partial charge is 0.103 e. The van der Waals surface area contributed by atoms with Crippen LogP contribution in [0.1, 0.15) is 42.5 Å². The molecule has 0 aliphatic carbocycles. The SMILES string of the molecule is CCC(C)c1csc(CSc2ccccc2C)n1. The molecule has 2 aromatic rings. The molecule has 0 saturated heterocycles. The Balaban J connectivity index is 1.98. The molecule has 0 N–H and O–H groups in total. The molecule has 0 spiro atoms. The summed E-state index contributed by atoms with van der Waals surface area (Å²) in [6.07, 6.45) is 1.16. The number of aromatic nitrogens is 1. The van der Waals surface area contributed by atoms with Gasteiger partial charge in [-0.1, -0.05) is 32.0 Å². The molecule has 1 unspecified atom stereocenters. The lowest BCUT2D eigenvalue weighted by molar-refractivity contribution is 0.711. The Labute approximate surface area is 118 Å². The van der Waals surface area contributed by atoms with Crippen LogP contribution in [0.3, 0.4) is 0 Å². The van der Waals surface area contributed by atoms with E-state index in [4.69, 9.17) is 4.98 Å². The molecule has 0 aliphatic rings. The van der Waals surface area contributed by atoms with Crippen molar-refractivity contribution in [3.8, 4) is 0 Å². The number of aryl methyl sites for hydroxylation is 1. The van der Waals surface area contributed by atoms with Crippen LogP contribution in [0.15, 0.2) is 34.5 Å². The van der Waals surface area contributed by atoms with Gasteiger partial charge in [0.1, 0.15) is 5.01 Å². The minimum atomic E-state index is 0.582. The van der Waals surface area contributed by atoms with Crippen molar-refractivity contribution in [1.82, 2.24) is 4.98 Å². The first-order valence-corrected chi connectivity index (χ1v) is 8.20. The summed E-state index contributed by atoms with van der Waals surface area (Å²) < 4.78 is 0. The molecule has 96 valence electrons. The quantitative estimate of drug-likeness (QED) is 0.692. The van der Waals surface area contributed by atoms with Crippen molar-refractivity contribution in [2.24, 2.45) is 0 Å². The minimum absolute atomic E-state index is 0.582. The molecule has 0 radical (unpaired) electrons. The first-order valence-electron chi connectivity index (χ1n) is 6.33. The van der Waals surface area contributed by atoms with Gasteiger partial charge in [0.15, 0.2) is 0 Å². The van der Waals surface area contributed by atoms with Gasteiger partial charge in [0.25, 0.3) is 0 Å². The fourth-order valence-corrected chi connectivity index (χ4v) is 3.65. The molecule has 0 fully saturated rings. The summed E-state index contributed by atoms with van der Waals surface area (Å²) in [5.74, 6) is 1.56. The minimum Gasteiger partial charge on any atom is -0.245 e. The lowest BCUT2D eigenvalue weighted by Crippen LogP contribution is -1.91. The summed E-state index contributed by atoms with van der Waals surface area (Å²) in [7, 11) is 0. The summed E-state index contributed by atoms with van der Waals surface area (Å²) in [4.78, 5) is 6.08. The van der Waals surface area contributed by atoms with E-state index in [1.807, 2.05) is 11.8 Å². The summed E-state index contributed by atoms with van der Waals surface area (Å²) >= 11 is 3.67. The highest BCUT2D eigenvalue weighted by molar-refractivity contribution is 7.98. The number of nitrogens with zero attached hydrogens (tertiary/aromatic N) is 1. The molecular formula is C15H19NS2. The van der Waals surface area contributed by atoms with Crippen LogP contribution in [-0.4, -0.2) is 4.98 Å². The summed E-state index contributed by atoms with van der Waals surface area (Å²) in [6, 6.07) is 8.53. The number of rotatable bonds is 5. The Morgan fingerprint density at radius 1 is 1.33 bits per heavy atom. The third-order valence-electron chi connectivity index (χ3n) is 3.13. The summed E-state index contributed by atoms with van der Waals surface area (Å²) in [6.45, 7) is 6.62. The lowest BCUT2D eigenvalue weighted by Gasteiger charge is -2.04. The van der Waals surface area contributed by atoms with Crippen LogP contribution >= 0.6 is 23.1 Å². The van der Waals surface area contributed by atoms with E-state index in [1.54, 1.807) is 11.3 Å². The van der Waals surface area contributed by atoms with Crippen molar-refractivity contribution in [1.29, 1.82) is 0 Å². The average molecular weight is 277 g/mol. The van der Waals surface area contributed by atoms with Crippen molar-refractivity contribution >= 4 is 23.1 Å². The number of thioether (sulfide) groups is 1. The number of benzene rings is 1. The highest BCUT2D eigenvalue weighted by atomic mass is 32.2. The zero-order chi connectivity index (χ0) is 13.0. The molecule has 0 aliphatic heterocycles. The zero-order valence-electron chi connectivity index (χ0n) is 11.1. The zero-order valence-corrected chi connectivity index (χ0v) is 12.8. The van der Waals surface area contributed by atoms with Crippen LogP contribution in [-0.2, 0) is 5.75 Å². The molecule has 3 heteroatoms. The molecule has 18 heavy (non-hydrogen) atoms. The third kappa shape index (κ3) is 3.36. The Morgan fingerprint density at radius 2 is 2.11 bits per heavy atom. The normalized spacial score (nSPS) is 12.6. The van der Waals surface area contributed by atoms with Gasteiger partial charge in [0.2, 0.25) is 0 Å². The van der Waals surface area contributed by atoms with E-state index < -0.39 is 0 Å². The van der Waals surface area contributed by atoms with Crippen LogP contribution in [0.4, 0.5) is 0 Å². The number of hydrogen-bond acceptors (Lipinski definition) is 3. The third-order valence-corrected chi connectivity index (χ3v) is 5.37. The lowest BCUT2D eigenvalue weighted by atomic mass is 10.1. The summed E-state index contributed by atoms with van der Waals surface area (Å²) in [5, 5.41) is 3.44. The van der Waals surface area contributed by atoms with E-state index in [1.165, 1.54) is 21.2 Å². The highest BCUT2D eigenvalue weighted by Crippen LogP contribution is 2.28. The van der Waals surface area contributed by atoms with E-state index in [2.05, 4.69) is 50.4 Å². The van der Waals surface area contributed by atoms with Crippen molar-refractivity contribution < 1.29 is 0 Å². The molecule has 1 atom stereocenters. The predicted octanol–water partition coefficient (Wildman–Crippen LogP) is 5.26. The Kier molecular flexibility index (Phi) is 4.84. The van der Waals surface area contributed by atoms with Crippen molar-refractivity contribution in [2.45, 2.75) is 43.8 Å². The fourth-order valence-electron chi connectivity index (χ4n) is 1.68. The van der Waals surface area contributed by atoms with Gasteiger partial charge in [0.05, 0.1) is 11.4 Å². The second-order valence-corrected chi connectivity index (χ2v) is 6.49. The molecule has 1 heterocycles. The molecule has 1 aromatic carbocycles. The highest BCUT2D eigenvalue weighted by Gasteiger charge is 2.08. The molecule has 1 aromatic heterocycles. The predicted molar refractivity (Wildman–Crippen MR) is 81.6 cm³/mol. The standard InChI is InChI=1S/C15H19NS2/c1-4-11(2)13-9-18-15(16-13)10-17-14-8-6-5-7-12(14)3/h5-9,11H,4,10H2,1-3H3. The molecule has 1 nitrogen and oxygen atoms in total. The second-order valence-electron chi connectivity index (χ2n) is 4.53. The van der Waals surface area contributed by atoms with Gasteiger partial charge < -0.3 is 0 Å². The van der Waals surface area contributed by atoms with Gasteiger partial charge in [0, 0.05) is 10.3 Å². The van der Waals surface area contributed by atoms with Crippen LogP contribution in [0.5, 0.6) is 0 Å². The maximum Gasteiger partial charge on any atom is 0.103 e. The maximum absolute atomic E-state index is 4.72. The first kappa shape index (κ1) is 13.6. The average Bonchev–Trinajstić information content (AvgIpc) is 2.86. The van der Waals surface area contributed by atoms with E-state index in [0.29, 0.717) is 5.92 Å². The van der Waals surface area contributed by atoms with Crippen molar-refractivity contribution in [3.05, 3.63) is 45.9 Å². The topological polar surface area (TPSA) is 12.9 Å². The van der Waals surface area contributed by atoms with Gasteiger partial charge in [-0.15, -0.1) is 23.1 Å². The van der Waals surface area contributed by atoms with Gasteiger partial charge >= 0.3 is 0 Å². The fraction of sp³-hybridized carbons (Fsp3) is 0.400. The van der Waals surface area contributed by atoms with Gasteiger partial charge in [-0.05, 0) is 30.9 Å². The van der Waals surface area contributed by atoms with Crippen LogP contribution in [0.2, 0.25) is 0 Å². The van der Waals surface area contributed by atoms with E-state index in [9.17, 15) is 0 Å². The van der Waals surface area contributed by atoms with Crippen LogP contribution < -0.4 is 0 Å². The summed E-state index contributed by atoms with van der Waals surface area (Å²) in [5.41, 5.74) is 2.60. The Hall–Kier alpha value is -0.800. The van der Waals surface area contributed by atoms with Crippen LogP contribution in [0, 0.1) is 6.92 Å². The van der Waals surface area contributed by atoms with Crippen LogP contribution in [0.25, 0.3) is 0 Å². The molecule has 0 bridgehead atoms. The van der Waals surface area contributed by atoms with E-state index in [0.717, 1.165) is 12.2 Å². The van der Waals surface area contributed by atoms with Gasteiger partial charge in [-0.3, -0.25) is 0 Å². The van der Waals surface area contributed by atoms with Gasteiger partial charge in [-0.2, -0.15) is 0 Å². The van der Waals surface area contributed by atoms with E-state index in [-0.39, 0.29) is 0 Å². The Bertz CT molecular complexity index is 505. The Morgan fingerprint density at radius 3 is 2.83 bits per heavy atom. The molecular weight excluding hydrogens is 258 g/mol. The van der Waals surface area contributed by atoms with E-state index >= 15 is 0 Å². The first-order chi connectivity index (χ1) is 8.70. The largest absolute Gasteiger partial charge is 0.245 e. The van der Waals surface area contributed by atoms with Crippen molar-refractivity contribution in [3.63, 3.8) is 0 Å². The van der Waals surface area contributed by atoms with Gasteiger partial charge in [-0.25, -0.2) is 4.98 Å². The molecule has 2 rings (SSSR count). The second kappa shape index (κ2) is 6.39. The van der Waals surface area contributed by atoms with Crippen molar-refractivity contribution in [2.75, 3.05) is 0 Å². The molecule has 0 saturated carbocycles. The molecule has 0 amide bonds. The monoisotopic (exact) mass is 277 g/mol. The number of hydrogen-bond donors (Lipinski definition) is 0. The number of thiazole rings is 1.